The Hall–Kier alpha value is -1.64. The van der Waals surface area contributed by atoms with Gasteiger partial charge in [-0.05, 0) is 17.5 Å². The number of nitrogens with one attached hydrogen (secondary N) is 1. The van der Waals surface area contributed by atoms with Gasteiger partial charge in [0.25, 0.3) is 10.0 Å². The second-order valence-corrected chi connectivity index (χ2v) is 6.54. The van der Waals surface area contributed by atoms with Crippen LogP contribution < -0.4 is 4.72 Å². The zero-order valence-corrected chi connectivity index (χ0v) is 12.6. The zero-order chi connectivity index (χ0) is 14.8. The van der Waals surface area contributed by atoms with E-state index in [2.05, 4.69) is 14.4 Å². The van der Waals surface area contributed by atoms with Gasteiger partial charge in [0.15, 0.2) is 0 Å². The largest absolute Gasteiger partial charge is 0.465 e. The fourth-order valence-corrected chi connectivity index (χ4v) is 3.74. The van der Waals surface area contributed by atoms with Crippen molar-refractivity contribution in [3.05, 3.63) is 39.8 Å². The second kappa shape index (κ2) is 5.78. The highest BCUT2D eigenvalue weighted by Gasteiger charge is 2.22. The van der Waals surface area contributed by atoms with Crippen LogP contribution in [0, 0.1) is 0 Å². The third kappa shape index (κ3) is 2.92. The highest BCUT2D eigenvalue weighted by molar-refractivity contribution is 7.92. The molecule has 0 amide bonds. The van der Waals surface area contributed by atoms with Gasteiger partial charge in [0.1, 0.15) is 9.77 Å². The lowest BCUT2D eigenvalue weighted by Crippen LogP contribution is -2.15. The first-order valence-electron chi connectivity index (χ1n) is 5.24. The number of halogens is 1. The summed E-state index contributed by atoms with van der Waals surface area (Å²) in [5.74, 6) is -0.616. The van der Waals surface area contributed by atoms with E-state index < -0.39 is 16.0 Å². The maximum Gasteiger partial charge on any atom is 0.350 e. The molecule has 2 rings (SSSR count). The summed E-state index contributed by atoms with van der Waals surface area (Å²) in [6, 6.07) is 2.84. The number of esters is 1. The Morgan fingerprint density at radius 3 is 2.85 bits per heavy atom. The first-order chi connectivity index (χ1) is 9.45. The van der Waals surface area contributed by atoms with Gasteiger partial charge in [0.2, 0.25) is 0 Å². The van der Waals surface area contributed by atoms with E-state index >= 15 is 0 Å². The molecule has 106 valence electrons. The topological polar surface area (TPSA) is 85.4 Å². The molecule has 1 N–H and O–H groups in total. The fraction of sp³-hybridized carbons (Fsp3) is 0.0909. The van der Waals surface area contributed by atoms with Gasteiger partial charge in [-0.3, -0.25) is 9.71 Å². The Bertz CT molecular complexity index is 742. The average Bonchev–Trinajstić information content (AvgIpc) is 2.85. The fourth-order valence-electron chi connectivity index (χ4n) is 1.40. The summed E-state index contributed by atoms with van der Waals surface area (Å²) >= 11 is 6.90. The predicted molar refractivity (Wildman–Crippen MR) is 75.7 cm³/mol. The summed E-state index contributed by atoms with van der Waals surface area (Å²) in [5, 5.41) is 1.62. The molecule has 0 fully saturated rings. The van der Waals surface area contributed by atoms with Crippen LogP contribution in [0.5, 0.6) is 0 Å². The van der Waals surface area contributed by atoms with Crippen molar-refractivity contribution >= 4 is 44.6 Å². The van der Waals surface area contributed by atoms with Crippen LogP contribution in [0.4, 0.5) is 5.69 Å². The molecule has 2 aromatic rings. The highest BCUT2D eigenvalue weighted by atomic mass is 35.5. The molecular weight excluding hydrogens is 324 g/mol. The average molecular weight is 333 g/mol. The van der Waals surface area contributed by atoms with Crippen molar-refractivity contribution < 1.29 is 17.9 Å². The number of carbonyl (C=O) groups excluding carboxylic acids is 1. The Morgan fingerprint density at radius 2 is 2.20 bits per heavy atom. The highest BCUT2D eigenvalue weighted by Crippen LogP contribution is 2.27. The number of anilines is 1. The molecule has 0 aliphatic rings. The van der Waals surface area contributed by atoms with Gasteiger partial charge in [0.05, 0.1) is 17.8 Å². The minimum atomic E-state index is -3.92. The Balaban J connectivity index is 2.37. The van der Waals surface area contributed by atoms with Gasteiger partial charge in [-0.15, -0.1) is 11.3 Å². The number of aromatic nitrogens is 1. The Kier molecular flexibility index (Phi) is 4.26. The van der Waals surface area contributed by atoms with Gasteiger partial charge >= 0.3 is 5.97 Å². The molecular formula is C11H9ClN2O4S2. The summed E-state index contributed by atoms with van der Waals surface area (Å²) < 4.78 is 31.3. The summed E-state index contributed by atoms with van der Waals surface area (Å²) in [7, 11) is -2.70. The Labute approximate surface area is 124 Å². The zero-order valence-electron chi connectivity index (χ0n) is 10.2. The maximum absolute atomic E-state index is 12.2. The molecule has 0 atom stereocenters. The van der Waals surface area contributed by atoms with Gasteiger partial charge in [-0.1, -0.05) is 11.6 Å². The molecule has 0 bridgehead atoms. The molecule has 0 aliphatic heterocycles. The number of nitrogens with zero attached hydrogens (tertiary/aromatic N) is 1. The standard InChI is InChI=1S/C11H9ClN2O4S2/c1-18-11(15)10-8(3-5-19-10)14-20(16,17)9-6-13-4-2-7(9)12/h2-6,14H,1H3. The van der Waals surface area contributed by atoms with E-state index in [9.17, 15) is 13.2 Å². The molecule has 0 spiro atoms. The third-order valence-corrected chi connectivity index (χ3v) is 5.03. The Morgan fingerprint density at radius 1 is 1.45 bits per heavy atom. The van der Waals surface area contributed by atoms with Gasteiger partial charge in [0, 0.05) is 12.4 Å². The number of rotatable bonds is 4. The molecule has 0 saturated carbocycles. The monoisotopic (exact) mass is 332 g/mol. The normalized spacial score (nSPS) is 11.1. The SMILES string of the molecule is COC(=O)c1sccc1NS(=O)(=O)c1cnccc1Cl. The minimum Gasteiger partial charge on any atom is -0.465 e. The number of methoxy groups -OCH3 is 1. The van der Waals surface area contributed by atoms with E-state index in [1.165, 1.54) is 25.4 Å². The van der Waals surface area contributed by atoms with Crippen molar-refractivity contribution in [2.24, 2.45) is 0 Å². The molecule has 9 heteroatoms. The minimum absolute atomic E-state index is 0.0438. The van der Waals surface area contributed by atoms with E-state index in [0.29, 0.717) is 0 Å². The van der Waals surface area contributed by atoms with E-state index in [0.717, 1.165) is 17.5 Å². The second-order valence-electron chi connectivity index (χ2n) is 3.57. The predicted octanol–water partition coefficient (Wildman–Crippen LogP) is 2.38. The van der Waals surface area contributed by atoms with Crippen LogP contribution in [-0.4, -0.2) is 26.5 Å². The smallest absolute Gasteiger partial charge is 0.350 e. The van der Waals surface area contributed by atoms with Crippen LogP contribution in [-0.2, 0) is 14.8 Å². The molecule has 2 heterocycles. The molecule has 0 saturated heterocycles. The van der Waals surface area contributed by atoms with Crippen molar-refractivity contribution in [3.8, 4) is 0 Å². The van der Waals surface area contributed by atoms with Crippen LogP contribution >= 0.6 is 22.9 Å². The maximum atomic E-state index is 12.2. The van der Waals surface area contributed by atoms with E-state index in [1.807, 2.05) is 0 Å². The van der Waals surface area contributed by atoms with E-state index in [1.54, 1.807) is 5.38 Å². The quantitative estimate of drug-likeness (QED) is 0.869. The number of ether oxygens (including phenoxy) is 1. The van der Waals surface area contributed by atoms with Gasteiger partial charge in [-0.25, -0.2) is 13.2 Å². The lowest BCUT2D eigenvalue weighted by Gasteiger charge is -2.08. The molecule has 6 nitrogen and oxygen atoms in total. The molecule has 2 aromatic heterocycles. The third-order valence-electron chi connectivity index (χ3n) is 2.30. The molecule has 0 unspecified atom stereocenters. The number of thiophene rings is 1. The van der Waals surface area contributed by atoms with Gasteiger partial charge < -0.3 is 4.74 Å². The van der Waals surface area contributed by atoms with Crippen LogP contribution in [0.15, 0.2) is 34.8 Å². The summed E-state index contributed by atoms with van der Waals surface area (Å²) in [6.07, 6.45) is 2.51. The van der Waals surface area contributed by atoms with Crippen molar-refractivity contribution in [1.29, 1.82) is 0 Å². The lowest BCUT2D eigenvalue weighted by atomic mass is 10.4. The summed E-state index contributed by atoms with van der Waals surface area (Å²) in [5.41, 5.74) is 0.141. The first-order valence-corrected chi connectivity index (χ1v) is 7.98. The summed E-state index contributed by atoms with van der Waals surface area (Å²) in [4.78, 5) is 15.2. The lowest BCUT2D eigenvalue weighted by molar-refractivity contribution is 0.0607. The molecule has 0 radical (unpaired) electrons. The van der Waals surface area contributed by atoms with Crippen LogP contribution in [0.25, 0.3) is 0 Å². The molecule has 0 aliphatic carbocycles. The first kappa shape index (κ1) is 14.8. The number of carbonyl (C=O) groups is 1. The van der Waals surface area contributed by atoms with Crippen molar-refractivity contribution in [2.45, 2.75) is 4.90 Å². The van der Waals surface area contributed by atoms with E-state index in [4.69, 9.17) is 11.6 Å². The summed E-state index contributed by atoms with van der Waals surface area (Å²) in [6.45, 7) is 0. The number of pyridine rings is 1. The number of sulfonamides is 1. The molecule has 0 aromatic carbocycles. The van der Waals surface area contributed by atoms with Crippen molar-refractivity contribution in [3.63, 3.8) is 0 Å². The van der Waals surface area contributed by atoms with Crippen LogP contribution in [0.2, 0.25) is 5.02 Å². The van der Waals surface area contributed by atoms with Crippen molar-refractivity contribution in [1.82, 2.24) is 4.98 Å². The van der Waals surface area contributed by atoms with Crippen LogP contribution in [0.3, 0.4) is 0 Å². The number of hydrogen-bond acceptors (Lipinski definition) is 6. The van der Waals surface area contributed by atoms with E-state index in [-0.39, 0.29) is 20.5 Å². The molecule has 20 heavy (non-hydrogen) atoms. The van der Waals surface area contributed by atoms with Gasteiger partial charge in [-0.2, -0.15) is 0 Å². The number of hydrogen-bond donors (Lipinski definition) is 1. The van der Waals surface area contributed by atoms with Crippen molar-refractivity contribution in [2.75, 3.05) is 11.8 Å². The van der Waals surface area contributed by atoms with Crippen LogP contribution in [0.1, 0.15) is 9.67 Å².